The predicted octanol–water partition coefficient (Wildman–Crippen LogP) is 3.16. The van der Waals surface area contributed by atoms with E-state index in [2.05, 4.69) is 17.6 Å². The predicted molar refractivity (Wildman–Crippen MR) is 134 cm³/mol. The summed E-state index contributed by atoms with van der Waals surface area (Å²) in [6.07, 6.45) is 2.62. The Hall–Kier alpha value is -3.19. The van der Waals surface area contributed by atoms with Gasteiger partial charge in [-0.3, -0.25) is 14.4 Å². The number of hydrogen-bond donors (Lipinski definition) is 3. The number of piperidine rings is 1. The molecule has 0 aliphatic carbocycles. The molecule has 0 saturated carbocycles. The van der Waals surface area contributed by atoms with Gasteiger partial charge in [-0.2, -0.15) is 0 Å². The largest absolute Gasteiger partial charge is 0.352 e. The molecular formula is C27H36N4O3. The first-order valence-electron chi connectivity index (χ1n) is 12.1. The first-order valence-corrected chi connectivity index (χ1v) is 12.1. The minimum Gasteiger partial charge on any atom is -0.352 e. The summed E-state index contributed by atoms with van der Waals surface area (Å²) >= 11 is 0. The maximum Gasteiger partial charge on any atom is 0.236 e. The number of rotatable bonds is 9. The number of nitrogens with one attached hydrogen (secondary N) is 2. The molecule has 1 heterocycles. The molecule has 1 saturated heterocycles. The van der Waals surface area contributed by atoms with Crippen molar-refractivity contribution in [3.05, 3.63) is 65.2 Å². The van der Waals surface area contributed by atoms with Gasteiger partial charge < -0.3 is 21.3 Å². The number of nitrogens with two attached hydrogens (primary N) is 1. The molecule has 0 bridgehead atoms. The van der Waals surface area contributed by atoms with E-state index in [-0.39, 0.29) is 30.7 Å². The standard InChI is InChI=1S/C27H36N4O3/c1-3-21-8-10-23(11-9-21)30-24(32)12-13-27(14-16-31(17-15-27)25(33)18-28)26(34)29-19-22-7-5-4-6-20(22)2/h4-11H,3,12-19,28H2,1-2H3,(H,29,34)(H,30,32). The van der Waals surface area contributed by atoms with Crippen molar-refractivity contribution in [2.45, 2.75) is 52.5 Å². The molecule has 182 valence electrons. The minimum absolute atomic E-state index is 0.0360. The van der Waals surface area contributed by atoms with Crippen molar-refractivity contribution in [3.8, 4) is 0 Å². The third kappa shape index (κ3) is 6.44. The second-order valence-electron chi connectivity index (χ2n) is 9.07. The lowest BCUT2D eigenvalue weighted by Gasteiger charge is -2.40. The van der Waals surface area contributed by atoms with E-state index in [1.165, 1.54) is 5.56 Å². The molecule has 34 heavy (non-hydrogen) atoms. The Morgan fingerprint density at radius 2 is 1.71 bits per heavy atom. The zero-order valence-electron chi connectivity index (χ0n) is 20.2. The monoisotopic (exact) mass is 464 g/mol. The smallest absolute Gasteiger partial charge is 0.236 e. The summed E-state index contributed by atoms with van der Waals surface area (Å²) in [5.41, 5.74) is 8.97. The van der Waals surface area contributed by atoms with Gasteiger partial charge in [-0.1, -0.05) is 43.3 Å². The van der Waals surface area contributed by atoms with Crippen LogP contribution in [0.2, 0.25) is 0 Å². The average Bonchev–Trinajstić information content (AvgIpc) is 2.87. The molecule has 0 radical (unpaired) electrons. The molecule has 1 aliphatic rings. The molecule has 2 aromatic carbocycles. The lowest BCUT2D eigenvalue weighted by atomic mass is 9.73. The van der Waals surface area contributed by atoms with Crippen molar-refractivity contribution in [3.63, 3.8) is 0 Å². The normalized spacial score (nSPS) is 15.0. The molecule has 0 atom stereocenters. The van der Waals surface area contributed by atoms with Crippen LogP contribution in [0.25, 0.3) is 0 Å². The van der Waals surface area contributed by atoms with Crippen LogP contribution in [-0.2, 0) is 27.3 Å². The van der Waals surface area contributed by atoms with E-state index < -0.39 is 5.41 Å². The molecule has 3 rings (SSSR count). The van der Waals surface area contributed by atoms with Crippen LogP contribution in [0.4, 0.5) is 5.69 Å². The Balaban J connectivity index is 1.66. The molecule has 7 heteroatoms. The van der Waals surface area contributed by atoms with Crippen LogP contribution in [0.3, 0.4) is 0 Å². The summed E-state index contributed by atoms with van der Waals surface area (Å²) in [4.78, 5) is 39.9. The van der Waals surface area contributed by atoms with Crippen LogP contribution in [0.5, 0.6) is 0 Å². The third-order valence-corrected chi connectivity index (χ3v) is 6.91. The fraction of sp³-hybridized carbons (Fsp3) is 0.444. The number of nitrogens with zero attached hydrogens (tertiary/aromatic N) is 1. The number of amides is 3. The van der Waals surface area contributed by atoms with Crippen LogP contribution in [0.1, 0.15) is 49.3 Å². The number of benzene rings is 2. The Bertz CT molecular complexity index is 995. The molecule has 7 nitrogen and oxygen atoms in total. The molecule has 3 amide bonds. The van der Waals surface area contributed by atoms with E-state index in [9.17, 15) is 14.4 Å². The van der Waals surface area contributed by atoms with Gasteiger partial charge in [-0.15, -0.1) is 0 Å². The van der Waals surface area contributed by atoms with Gasteiger partial charge in [0.05, 0.1) is 12.0 Å². The lowest BCUT2D eigenvalue weighted by Crippen LogP contribution is -2.51. The highest BCUT2D eigenvalue weighted by Crippen LogP contribution is 2.37. The van der Waals surface area contributed by atoms with Gasteiger partial charge in [-0.25, -0.2) is 0 Å². The van der Waals surface area contributed by atoms with Gasteiger partial charge in [0.15, 0.2) is 0 Å². The quantitative estimate of drug-likeness (QED) is 0.530. The Labute approximate surface area is 202 Å². The Morgan fingerprint density at radius 1 is 1.03 bits per heavy atom. The topological polar surface area (TPSA) is 105 Å². The van der Waals surface area contributed by atoms with Gasteiger partial charge in [0.2, 0.25) is 17.7 Å². The van der Waals surface area contributed by atoms with Crippen LogP contribution in [0.15, 0.2) is 48.5 Å². The number of carbonyl (C=O) groups is 3. The maximum atomic E-state index is 13.4. The van der Waals surface area contributed by atoms with Crippen molar-refractivity contribution in [1.29, 1.82) is 0 Å². The van der Waals surface area contributed by atoms with Gasteiger partial charge in [-0.05, 0) is 61.4 Å². The number of anilines is 1. The Kier molecular flexibility index (Phi) is 8.82. The second-order valence-corrected chi connectivity index (χ2v) is 9.07. The first-order chi connectivity index (χ1) is 16.4. The van der Waals surface area contributed by atoms with Crippen LogP contribution >= 0.6 is 0 Å². The summed E-state index contributed by atoms with van der Waals surface area (Å²) in [5.74, 6) is -0.284. The first kappa shape index (κ1) is 25.4. The van der Waals surface area contributed by atoms with E-state index in [4.69, 9.17) is 5.73 Å². The van der Waals surface area contributed by atoms with E-state index in [0.29, 0.717) is 38.9 Å². The summed E-state index contributed by atoms with van der Waals surface area (Å²) in [7, 11) is 0. The number of likely N-dealkylation sites (tertiary alicyclic amines) is 1. The molecular weight excluding hydrogens is 428 g/mol. The maximum absolute atomic E-state index is 13.4. The molecule has 0 spiro atoms. The molecule has 0 unspecified atom stereocenters. The van der Waals surface area contributed by atoms with Gasteiger partial charge in [0.25, 0.3) is 0 Å². The minimum atomic E-state index is -0.697. The highest BCUT2D eigenvalue weighted by molar-refractivity contribution is 5.91. The fourth-order valence-corrected chi connectivity index (χ4v) is 4.48. The summed E-state index contributed by atoms with van der Waals surface area (Å²) < 4.78 is 0. The van der Waals surface area contributed by atoms with E-state index in [0.717, 1.165) is 23.2 Å². The van der Waals surface area contributed by atoms with Crippen molar-refractivity contribution in [2.75, 3.05) is 25.0 Å². The molecule has 1 fully saturated rings. The average molecular weight is 465 g/mol. The van der Waals surface area contributed by atoms with Gasteiger partial charge in [0, 0.05) is 31.7 Å². The van der Waals surface area contributed by atoms with E-state index in [1.807, 2.05) is 55.5 Å². The number of hydrogen-bond acceptors (Lipinski definition) is 4. The highest BCUT2D eigenvalue weighted by atomic mass is 16.2. The van der Waals surface area contributed by atoms with E-state index >= 15 is 0 Å². The van der Waals surface area contributed by atoms with Crippen molar-refractivity contribution >= 4 is 23.4 Å². The molecule has 0 aromatic heterocycles. The molecule has 2 aromatic rings. The van der Waals surface area contributed by atoms with Crippen LogP contribution in [0, 0.1) is 12.3 Å². The Morgan fingerprint density at radius 3 is 2.32 bits per heavy atom. The third-order valence-electron chi connectivity index (χ3n) is 6.91. The van der Waals surface area contributed by atoms with Crippen LogP contribution in [-0.4, -0.2) is 42.3 Å². The molecule has 1 aliphatic heterocycles. The summed E-state index contributed by atoms with van der Waals surface area (Å²) in [6, 6.07) is 15.8. The number of carbonyl (C=O) groups excluding carboxylic acids is 3. The van der Waals surface area contributed by atoms with E-state index in [1.54, 1.807) is 4.90 Å². The fourth-order valence-electron chi connectivity index (χ4n) is 4.48. The van der Waals surface area contributed by atoms with Crippen molar-refractivity contribution in [1.82, 2.24) is 10.2 Å². The zero-order valence-corrected chi connectivity index (χ0v) is 20.2. The zero-order chi connectivity index (χ0) is 24.6. The second kappa shape index (κ2) is 11.8. The van der Waals surface area contributed by atoms with Crippen molar-refractivity contribution in [2.24, 2.45) is 11.1 Å². The molecule has 4 N–H and O–H groups in total. The SMILES string of the molecule is CCc1ccc(NC(=O)CCC2(C(=O)NCc3ccccc3C)CCN(C(=O)CN)CC2)cc1. The number of aryl methyl sites for hydroxylation is 2. The highest BCUT2D eigenvalue weighted by Gasteiger charge is 2.42. The summed E-state index contributed by atoms with van der Waals surface area (Å²) in [5, 5.41) is 6.03. The van der Waals surface area contributed by atoms with Crippen LogP contribution < -0.4 is 16.4 Å². The summed E-state index contributed by atoms with van der Waals surface area (Å²) in [6.45, 7) is 5.44. The van der Waals surface area contributed by atoms with Gasteiger partial charge in [0.1, 0.15) is 0 Å². The lowest BCUT2D eigenvalue weighted by molar-refractivity contribution is -0.140. The van der Waals surface area contributed by atoms with Gasteiger partial charge >= 0.3 is 0 Å². The van der Waals surface area contributed by atoms with Crippen molar-refractivity contribution < 1.29 is 14.4 Å².